The van der Waals surface area contributed by atoms with Gasteiger partial charge in [0.1, 0.15) is 0 Å². The molecule has 0 saturated heterocycles. The highest BCUT2D eigenvalue weighted by Gasteiger charge is 2.08. The van der Waals surface area contributed by atoms with Crippen molar-refractivity contribution >= 4 is 35.0 Å². The molecule has 3 aromatic rings. The Labute approximate surface area is 145 Å². The van der Waals surface area contributed by atoms with Gasteiger partial charge in [-0.2, -0.15) is 20.1 Å². The van der Waals surface area contributed by atoms with Gasteiger partial charge < -0.3 is 5.32 Å². The topological polar surface area (TPSA) is 79.4 Å². The largest absolute Gasteiger partial charge is 0.307 e. The van der Waals surface area contributed by atoms with Crippen LogP contribution in [0.5, 0.6) is 0 Å². The zero-order valence-electron chi connectivity index (χ0n) is 12.0. The first kappa shape index (κ1) is 16.5. The molecule has 0 fully saturated rings. The van der Waals surface area contributed by atoms with Gasteiger partial charge in [0, 0.05) is 11.8 Å². The number of aryl methyl sites for hydroxylation is 2. The Morgan fingerprint density at radius 1 is 0.958 bits per heavy atom. The van der Waals surface area contributed by atoms with Crippen molar-refractivity contribution in [2.75, 3.05) is 5.32 Å². The van der Waals surface area contributed by atoms with Crippen molar-refractivity contribution in [3.8, 4) is 0 Å². The van der Waals surface area contributed by atoms with E-state index in [1.54, 1.807) is 12.1 Å². The van der Waals surface area contributed by atoms with Gasteiger partial charge in [0.05, 0.1) is 0 Å². The minimum atomic E-state index is -0.860. The van der Waals surface area contributed by atoms with E-state index >= 15 is 0 Å². The molecule has 0 aliphatic carbocycles. The summed E-state index contributed by atoms with van der Waals surface area (Å²) >= 11 is 11.4. The van der Waals surface area contributed by atoms with Crippen LogP contribution in [0.3, 0.4) is 0 Å². The second-order valence-electron chi connectivity index (χ2n) is 4.85. The first-order valence-electron chi connectivity index (χ1n) is 6.82. The third kappa shape index (κ3) is 4.15. The van der Waals surface area contributed by atoms with Gasteiger partial charge in [0.15, 0.2) is 17.5 Å². The van der Waals surface area contributed by atoms with Crippen LogP contribution in [0.4, 0.5) is 20.5 Å². The number of nitrogens with zero attached hydrogens (tertiary/aromatic N) is 4. The maximum Gasteiger partial charge on any atom is 0.234 e. The second-order valence-corrected chi connectivity index (χ2v) is 5.53. The lowest BCUT2D eigenvalue weighted by atomic mass is 10.1. The minimum Gasteiger partial charge on any atom is -0.307 e. The molecule has 0 aliphatic rings. The highest BCUT2D eigenvalue weighted by atomic mass is 35.5. The quantitative estimate of drug-likeness (QED) is 0.715. The molecule has 2 heterocycles. The molecular weight excluding hydrogens is 361 g/mol. The molecule has 1 aromatic carbocycles. The zero-order valence-corrected chi connectivity index (χ0v) is 13.5. The number of benzene rings is 1. The second kappa shape index (κ2) is 7.06. The molecule has 3 rings (SSSR count). The summed E-state index contributed by atoms with van der Waals surface area (Å²) in [6.45, 7) is 0. The summed E-state index contributed by atoms with van der Waals surface area (Å²) in [5.41, 5.74) is 1.49. The molecule has 0 saturated carbocycles. The summed E-state index contributed by atoms with van der Waals surface area (Å²) < 4.78 is 26.1. The Morgan fingerprint density at radius 2 is 1.71 bits per heavy atom. The zero-order chi connectivity index (χ0) is 17.1. The molecule has 0 unspecified atom stereocenters. The lowest BCUT2D eigenvalue weighted by molar-refractivity contribution is 0.507. The standard InChI is InChI=1S/C14H10Cl2F2N6/c15-12-20-13(16)22-14(21-12)19-11-6-8(23-24-11)3-1-7-2-4-9(17)10(18)5-7/h2,4-6H,1,3H2,(H2,19,20,21,22,23,24). The number of halogens is 4. The highest BCUT2D eigenvalue weighted by molar-refractivity contribution is 6.31. The highest BCUT2D eigenvalue weighted by Crippen LogP contribution is 2.16. The normalized spacial score (nSPS) is 10.8. The van der Waals surface area contributed by atoms with E-state index in [4.69, 9.17) is 23.2 Å². The van der Waals surface area contributed by atoms with Crippen molar-refractivity contribution in [1.29, 1.82) is 0 Å². The van der Waals surface area contributed by atoms with E-state index in [1.807, 2.05) is 0 Å². The SMILES string of the molecule is Fc1ccc(CCc2cc(Nc3nc(Cl)nc(Cl)n3)n[nH]2)cc1F. The summed E-state index contributed by atoms with van der Waals surface area (Å²) in [4.78, 5) is 11.4. The third-order valence-electron chi connectivity index (χ3n) is 3.12. The van der Waals surface area contributed by atoms with Gasteiger partial charge in [-0.15, -0.1) is 0 Å². The van der Waals surface area contributed by atoms with Gasteiger partial charge in [-0.3, -0.25) is 5.10 Å². The molecule has 0 amide bonds. The molecule has 6 nitrogen and oxygen atoms in total. The van der Waals surface area contributed by atoms with Gasteiger partial charge in [-0.25, -0.2) is 8.78 Å². The van der Waals surface area contributed by atoms with Crippen molar-refractivity contribution in [2.24, 2.45) is 0 Å². The van der Waals surface area contributed by atoms with Gasteiger partial charge >= 0.3 is 0 Å². The van der Waals surface area contributed by atoms with E-state index < -0.39 is 11.6 Å². The van der Waals surface area contributed by atoms with Crippen molar-refractivity contribution in [2.45, 2.75) is 12.8 Å². The van der Waals surface area contributed by atoms with Crippen molar-refractivity contribution in [3.05, 3.63) is 57.7 Å². The number of hydrogen-bond acceptors (Lipinski definition) is 5. The van der Waals surface area contributed by atoms with Crippen LogP contribution in [0.1, 0.15) is 11.3 Å². The van der Waals surface area contributed by atoms with Crippen LogP contribution in [0.15, 0.2) is 24.3 Å². The number of hydrogen-bond donors (Lipinski definition) is 2. The summed E-state index contributed by atoms with van der Waals surface area (Å²) in [7, 11) is 0. The maximum atomic E-state index is 13.2. The molecule has 10 heteroatoms. The average molecular weight is 371 g/mol. The lowest BCUT2D eigenvalue weighted by Crippen LogP contribution is -1.99. The van der Waals surface area contributed by atoms with E-state index in [-0.39, 0.29) is 16.5 Å². The first-order chi connectivity index (χ1) is 11.5. The number of rotatable bonds is 5. The maximum absolute atomic E-state index is 13.2. The Morgan fingerprint density at radius 3 is 2.42 bits per heavy atom. The fourth-order valence-corrected chi connectivity index (χ4v) is 2.39. The number of anilines is 2. The van der Waals surface area contributed by atoms with Gasteiger partial charge in [0.2, 0.25) is 16.5 Å². The van der Waals surface area contributed by atoms with Gasteiger partial charge in [-0.05, 0) is 53.7 Å². The van der Waals surface area contributed by atoms with Crippen LogP contribution < -0.4 is 5.32 Å². The molecule has 0 bridgehead atoms. The van der Waals surface area contributed by atoms with Crippen molar-refractivity contribution in [3.63, 3.8) is 0 Å². The Kier molecular flexibility index (Phi) is 4.86. The van der Waals surface area contributed by atoms with Crippen LogP contribution in [0.2, 0.25) is 10.6 Å². The summed E-state index contributed by atoms with van der Waals surface area (Å²) in [6, 6.07) is 5.58. The first-order valence-corrected chi connectivity index (χ1v) is 7.57. The Balaban J connectivity index is 1.63. The molecule has 2 N–H and O–H groups in total. The van der Waals surface area contributed by atoms with E-state index in [0.29, 0.717) is 24.2 Å². The summed E-state index contributed by atoms with van der Waals surface area (Å²) in [5, 5.41) is 9.66. The molecule has 2 aromatic heterocycles. The van der Waals surface area contributed by atoms with E-state index in [2.05, 4.69) is 30.5 Å². The van der Waals surface area contributed by atoms with Gasteiger partial charge in [0.25, 0.3) is 0 Å². The summed E-state index contributed by atoms with van der Waals surface area (Å²) in [5.74, 6) is -1.09. The molecule has 0 atom stereocenters. The predicted molar refractivity (Wildman–Crippen MR) is 85.5 cm³/mol. The molecule has 0 aliphatic heterocycles. The molecule has 0 spiro atoms. The Bertz CT molecular complexity index is 850. The number of aromatic nitrogens is 5. The van der Waals surface area contributed by atoms with Crippen molar-refractivity contribution < 1.29 is 8.78 Å². The minimum absolute atomic E-state index is 0.0356. The fourth-order valence-electron chi connectivity index (χ4n) is 2.02. The molecule has 0 radical (unpaired) electrons. The smallest absolute Gasteiger partial charge is 0.234 e. The Hall–Kier alpha value is -2.32. The van der Waals surface area contributed by atoms with Crippen LogP contribution in [-0.4, -0.2) is 25.1 Å². The fraction of sp³-hybridized carbons (Fsp3) is 0.143. The monoisotopic (exact) mass is 370 g/mol. The predicted octanol–water partition coefficient (Wildman–Crippen LogP) is 3.71. The summed E-state index contributed by atoms with van der Waals surface area (Å²) in [6.07, 6.45) is 1.10. The van der Waals surface area contributed by atoms with Gasteiger partial charge in [-0.1, -0.05) is 6.07 Å². The van der Waals surface area contributed by atoms with E-state index in [1.165, 1.54) is 6.07 Å². The average Bonchev–Trinajstić information content (AvgIpc) is 2.95. The number of nitrogens with one attached hydrogen (secondary N) is 2. The molecular formula is C14H10Cl2F2N6. The number of aromatic amines is 1. The van der Waals surface area contributed by atoms with Crippen molar-refractivity contribution in [1.82, 2.24) is 25.1 Å². The van der Waals surface area contributed by atoms with Crippen LogP contribution in [0, 0.1) is 11.6 Å². The van der Waals surface area contributed by atoms with Crippen LogP contribution in [0.25, 0.3) is 0 Å². The number of H-pyrrole nitrogens is 1. The van der Waals surface area contributed by atoms with Crippen LogP contribution in [-0.2, 0) is 12.8 Å². The molecule has 24 heavy (non-hydrogen) atoms. The van der Waals surface area contributed by atoms with Crippen LogP contribution >= 0.6 is 23.2 Å². The lowest BCUT2D eigenvalue weighted by Gasteiger charge is -2.01. The molecule has 124 valence electrons. The van der Waals surface area contributed by atoms with E-state index in [9.17, 15) is 8.78 Å². The van der Waals surface area contributed by atoms with E-state index in [0.717, 1.165) is 11.8 Å². The third-order valence-corrected chi connectivity index (χ3v) is 3.46.